The second-order valence-corrected chi connectivity index (χ2v) is 7.54. The number of nitrogens with zero attached hydrogens (tertiary/aromatic N) is 3. The summed E-state index contributed by atoms with van der Waals surface area (Å²) in [5.74, 6) is 0.369. The van der Waals surface area contributed by atoms with Gasteiger partial charge in [0.25, 0.3) is 5.91 Å². The van der Waals surface area contributed by atoms with Crippen LogP contribution in [0.3, 0.4) is 0 Å². The molecule has 0 unspecified atom stereocenters. The molecule has 1 aliphatic carbocycles. The van der Waals surface area contributed by atoms with Crippen LogP contribution in [0.1, 0.15) is 65.8 Å². The fraction of sp³-hybridized carbons (Fsp3) is 0.381. The fourth-order valence-corrected chi connectivity index (χ4v) is 3.21. The maximum atomic E-state index is 13.0. The molecule has 1 aliphatic rings. The van der Waals surface area contributed by atoms with Crippen molar-refractivity contribution < 1.29 is 4.79 Å². The molecule has 1 amide bonds. The molecule has 2 aromatic heterocycles. The summed E-state index contributed by atoms with van der Waals surface area (Å²) in [5, 5.41) is 8.32. The van der Waals surface area contributed by atoms with E-state index in [1.165, 1.54) is 5.56 Å². The lowest BCUT2D eigenvalue weighted by Crippen LogP contribution is -2.14. The number of anilines is 1. The molecule has 4 rings (SSSR count). The summed E-state index contributed by atoms with van der Waals surface area (Å²) < 4.78 is 1.90. The van der Waals surface area contributed by atoms with Crippen molar-refractivity contribution in [3.63, 3.8) is 0 Å². The smallest absolute Gasteiger partial charge is 0.256 e. The van der Waals surface area contributed by atoms with Gasteiger partial charge >= 0.3 is 0 Å². The first kappa shape index (κ1) is 16.8. The minimum Gasteiger partial charge on any atom is -0.322 e. The Morgan fingerprint density at radius 1 is 1.19 bits per heavy atom. The van der Waals surface area contributed by atoms with Crippen molar-refractivity contribution in [3.05, 3.63) is 52.8 Å². The summed E-state index contributed by atoms with van der Waals surface area (Å²) in [5.41, 5.74) is 5.64. The number of fused-ring (bicyclic) bond motifs is 1. The molecular weight excluding hydrogens is 324 g/mol. The van der Waals surface area contributed by atoms with Gasteiger partial charge in [0, 0.05) is 23.3 Å². The first-order valence-electron chi connectivity index (χ1n) is 9.21. The zero-order valence-corrected chi connectivity index (χ0v) is 15.7. The van der Waals surface area contributed by atoms with E-state index in [2.05, 4.69) is 31.2 Å². The maximum absolute atomic E-state index is 13.0. The number of benzene rings is 1. The molecule has 0 atom stereocenters. The number of carbonyl (C=O) groups is 1. The average molecular weight is 348 g/mol. The number of aryl methyl sites for hydroxylation is 2. The third kappa shape index (κ3) is 2.98. The lowest BCUT2D eigenvalue weighted by atomic mass is 10.1. The molecule has 0 radical (unpaired) electrons. The van der Waals surface area contributed by atoms with E-state index in [9.17, 15) is 4.79 Å². The molecule has 134 valence electrons. The van der Waals surface area contributed by atoms with Crippen LogP contribution in [-0.2, 0) is 0 Å². The largest absolute Gasteiger partial charge is 0.322 e. The van der Waals surface area contributed by atoms with E-state index in [0.29, 0.717) is 11.5 Å². The van der Waals surface area contributed by atoms with Crippen molar-refractivity contribution in [2.45, 2.75) is 52.5 Å². The Kier molecular flexibility index (Phi) is 4.02. The predicted molar refractivity (Wildman–Crippen MR) is 104 cm³/mol. The highest BCUT2D eigenvalue weighted by Crippen LogP contribution is 2.40. The molecule has 2 heterocycles. The highest BCUT2D eigenvalue weighted by Gasteiger charge is 2.28. The first-order chi connectivity index (χ1) is 12.4. The minimum absolute atomic E-state index is 0.106. The Bertz CT molecular complexity index is 999. The molecular formula is C21H24N4O. The third-order valence-electron chi connectivity index (χ3n) is 5.08. The standard InChI is InChI=1S/C21H24N4O/c1-12(2)25-20-18(11-22-25)17(10-19(24-20)15-6-7-15)21(26)23-16-8-5-13(3)14(4)9-16/h5,8-12,15H,6-7H2,1-4H3,(H,23,26). The molecule has 0 bridgehead atoms. The van der Waals surface area contributed by atoms with Crippen LogP contribution in [-0.4, -0.2) is 20.7 Å². The summed E-state index contributed by atoms with van der Waals surface area (Å²) >= 11 is 0. The number of rotatable bonds is 4. The Labute approximate surface area is 153 Å². The van der Waals surface area contributed by atoms with Crippen LogP contribution in [0.5, 0.6) is 0 Å². The number of pyridine rings is 1. The number of carbonyl (C=O) groups excluding carboxylic acids is 1. The van der Waals surface area contributed by atoms with E-state index < -0.39 is 0 Å². The van der Waals surface area contributed by atoms with Crippen molar-refractivity contribution in [1.29, 1.82) is 0 Å². The van der Waals surface area contributed by atoms with Crippen molar-refractivity contribution in [3.8, 4) is 0 Å². The molecule has 5 nitrogen and oxygen atoms in total. The molecule has 0 aliphatic heterocycles. The summed E-state index contributed by atoms with van der Waals surface area (Å²) in [7, 11) is 0. The summed E-state index contributed by atoms with van der Waals surface area (Å²) in [4.78, 5) is 17.8. The molecule has 1 fully saturated rings. The van der Waals surface area contributed by atoms with Gasteiger partial charge in [0.1, 0.15) is 0 Å². The Morgan fingerprint density at radius 3 is 2.62 bits per heavy atom. The number of aromatic nitrogens is 3. The van der Waals surface area contributed by atoms with E-state index >= 15 is 0 Å². The minimum atomic E-state index is -0.106. The van der Waals surface area contributed by atoms with Crippen LogP contribution in [0.2, 0.25) is 0 Å². The SMILES string of the molecule is Cc1ccc(NC(=O)c2cc(C3CC3)nc3c2cnn3C(C)C)cc1C. The second-order valence-electron chi connectivity index (χ2n) is 7.54. The zero-order valence-electron chi connectivity index (χ0n) is 15.7. The Balaban J connectivity index is 1.76. The van der Waals surface area contributed by atoms with Crippen LogP contribution in [0.15, 0.2) is 30.5 Å². The summed E-state index contributed by atoms with van der Waals surface area (Å²) in [6, 6.07) is 8.12. The van der Waals surface area contributed by atoms with Crippen molar-refractivity contribution in [1.82, 2.24) is 14.8 Å². The van der Waals surface area contributed by atoms with Gasteiger partial charge in [0.15, 0.2) is 5.65 Å². The number of hydrogen-bond donors (Lipinski definition) is 1. The highest BCUT2D eigenvalue weighted by atomic mass is 16.1. The molecule has 3 aromatic rings. The molecule has 1 N–H and O–H groups in total. The van der Waals surface area contributed by atoms with Crippen LogP contribution >= 0.6 is 0 Å². The van der Waals surface area contributed by atoms with Gasteiger partial charge in [-0.05, 0) is 69.9 Å². The van der Waals surface area contributed by atoms with Gasteiger partial charge in [-0.3, -0.25) is 4.79 Å². The van der Waals surface area contributed by atoms with Gasteiger partial charge in [-0.2, -0.15) is 5.10 Å². The van der Waals surface area contributed by atoms with Gasteiger partial charge in [-0.15, -0.1) is 0 Å². The highest BCUT2D eigenvalue weighted by molar-refractivity contribution is 6.12. The van der Waals surface area contributed by atoms with Crippen LogP contribution < -0.4 is 5.32 Å². The van der Waals surface area contributed by atoms with E-state index in [0.717, 1.165) is 40.8 Å². The van der Waals surface area contributed by atoms with Crippen LogP contribution in [0.25, 0.3) is 11.0 Å². The van der Waals surface area contributed by atoms with Gasteiger partial charge in [-0.25, -0.2) is 9.67 Å². The first-order valence-corrected chi connectivity index (χ1v) is 9.21. The molecule has 26 heavy (non-hydrogen) atoms. The number of hydrogen-bond acceptors (Lipinski definition) is 3. The molecule has 1 saturated carbocycles. The molecule has 0 saturated heterocycles. The van der Waals surface area contributed by atoms with Crippen molar-refractivity contribution in [2.75, 3.05) is 5.32 Å². The quantitative estimate of drug-likeness (QED) is 0.739. The number of amides is 1. The van der Waals surface area contributed by atoms with E-state index in [-0.39, 0.29) is 11.9 Å². The number of nitrogens with one attached hydrogen (secondary N) is 1. The van der Waals surface area contributed by atoms with Crippen molar-refractivity contribution >= 4 is 22.6 Å². The predicted octanol–water partition coefficient (Wildman–Crippen LogP) is 4.76. The monoisotopic (exact) mass is 348 g/mol. The van der Waals surface area contributed by atoms with E-state index in [4.69, 9.17) is 4.98 Å². The fourth-order valence-electron chi connectivity index (χ4n) is 3.21. The summed E-state index contributed by atoms with van der Waals surface area (Å²) in [6.45, 7) is 8.27. The van der Waals surface area contributed by atoms with E-state index in [1.54, 1.807) is 6.20 Å². The lowest BCUT2D eigenvalue weighted by Gasteiger charge is -2.11. The average Bonchev–Trinajstić information content (AvgIpc) is 3.36. The van der Waals surface area contributed by atoms with Crippen LogP contribution in [0, 0.1) is 13.8 Å². The molecule has 5 heteroatoms. The molecule has 1 aromatic carbocycles. The lowest BCUT2D eigenvalue weighted by molar-refractivity contribution is 0.102. The second kappa shape index (κ2) is 6.24. The van der Waals surface area contributed by atoms with Crippen LogP contribution in [0.4, 0.5) is 5.69 Å². The van der Waals surface area contributed by atoms with Gasteiger partial charge in [0.05, 0.1) is 17.1 Å². The molecule has 0 spiro atoms. The zero-order chi connectivity index (χ0) is 18.4. The topological polar surface area (TPSA) is 59.8 Å². The van der Waals surface area contributed by atoms with Gasteiger partial charge in [0.2, 0.25) is 0 Å². The van der Waals surface area contributed by atoms with Gasteiger partial charge < -0.3 is 5.32 Å². The normalized spacial score (nSPS) is 14.2. The van der Waals surface area contributed by atoms with Crippen molar-refractivity contribution in [2.24, 2.45) is 0 Å². The Morgan fingerprint density at radius 2 is 1.96 bits per heavy atom. The Hall–Kier alpha value is -2.69. The third-order valence-corrected chi connectivity index (χ3v) is 5.08. The summed E-state index contributed by atoms with van der Waals surface area (Å²) in [6.07, 6.45) is 4.05. The maximum Gasteiger partial charge on any atom is 0.256 e. The van der Waals surface area contributed by atoms with Gasteiger partial charge in [-0.1, -0.05) is 6.07 Å². The van der Waals surface area contributed by atoms with E-state index in [1.807, 2.05) is 35.9 Å².